The van der Waals surface area contributed by atoms with Gasteiger partial charge in [-0.1, -0.05) is 12.1 Å². The van der Waals surface area contributed by atoms with Crippen LogP contribution in [0.5, 0.6) is 11.6 Å². The molecule has 0 amide bonds. The minimum absolute atomic E-state index is 0.112. The Bertz CT molecular complexity index is 556. The summed E-state index contributed by atoms with van der Waals surface area (Å²) in [6, 6.07) is 7.68. The van der Waals surface area contributed by atoms with Crippen molar-refractivity contribution in [2.24, 2.45) is 5.73 Å². The Kier molecular flexibility index (Phi) is 3.78. The highest BCUT2D eigenvalue weighted by Gasteiger charge is 2.05. The van der Waals surface area contributed by atoms with Crippen molar-refractivity contribution in [3.63, 3.8) is 0 Å². The van der Waals surface area contributed by atoms with Crippen LogP contribution in [0.25, 0.3) is 0 Å². The topological polar surface area (TPSA) is 84.9 Å². The highest BCUT2D eigenvalue weighted by atomic mass is 32.2. The molecule has 92 valence electrons. The summed E-state index contributed by atoms with van der Waals surface area (Å²) in [6.45, 7) is 0. The number of nitrogens with two attached hydrogens (primary N) is 1. The highest BCUT2D eigenvalue weighted by Crippen LogP contribution is 2.29. The molecule has 0 spiro atoms. The van der Waals surface area contributed by atoms with Crippen LogP contribution in [0.4, 0.5) is 0 Å². The summed E-state index contributed by atoms with van der Waals surface area (Å²) in [5, 5.41) is 7.22. The van der Waals surface area contributed by atoms with E-state index in [0.717, 1.165) is 10.6 Å². The van der Waals surface area contributed by atoms with Gasteiger partial charge in [0.2, 0.25) is 5.88 Å². The molecule has 2 rings (SSSR count). The number of amidine groups is 1. The first-order valence-corrected chi connectivity index (χ1v) is 6.40. The molecule has 1 aromatic carbocycles. The van der Waals surface area contributed by atoms with E-state index in [2.05, 4.69) is 9.97 Å². The molecule has 0 aliphatic heterocycles. The lowest BCUT2D eigenvalue weighted by molar-refractivity contribution is 0.449. The molecule has 2 aromatic rings. The normalized spacial score (nSPS) is 10.1. The lowest BCUT2D eigenvalue weighted by Crippen LogP contribution is -2.13. The number of hydrogen-bond donors (Lipinski definition) is 2. The maximum absolute atomic E-state index is 7.22. The van der Waals surface area contributed by atoms with Gasteiger partial charge >= 0.3 is 0 Å². The van der Waals surface area contributed by atoms with Crippen LogP contribution in [0.2, 0.25) is 0 Å². The van der Waals surface area contributed by atoms with Crippen LogP contribution in [-0.2, 0) is 0 Å². The fraction of sp³-hybridized carbons (Fsp3) is 0.0833. The lowest BCUT2D eigenvalue weighted by atomic mass is 10.3. The van der Waals surface area contributed by atoms with Gasteiger partial charge in [0.05, 0.1) is 12.4 Å². The molecule has 0 saturated heterocycles. The Morgan fingerprint density at radius 3 is 2.67 bits per heavy atom. The molecule has 5 nitrogen and oxygen atoms in total. The van der Waals surface area contributed by atoms with Crippen molar-refractivity contribution in [1.82, 2.24) is 9.97 Å². The van der Waals surface area contributed by atoms with Gasteiger partial charge in [0, 0.05) is 4.90 Å². The van der Waals surface area contributed by atoms with Crippen LogP contribution >= 0.6 is 11.8 Å². The maximum atomic E-state index is 7.22. The van der Waals surface area contributed by atoms with Gasteiger partial charge in [-0.15, -0.1) is 11.8 Å². The van der Waals surface area contributed by atoms with E-state index in [1.807, 2.05) is 30.5 Å². The number of nitrogens with one attached hydrogen (secondary N) is 1. The molecule has 0 saturated carbocycles. The fourth-order valence-electron chi connectivity index (χ4n) is 1.32. The zero-order chi connectivity index (χ0) is 13.0. The zero-order valence-corrected chi connectivity index (χ0v) is 10.6. The van der Waals surface area contributed by atoms with Gasteiger partial charge in [-0.2, -0.15) is 0 Å². The Hall–Kier alpha value is -2.08. The standard InChI is InChI=1S/C12H12N4OS/c1-18-10-5-3-2-4-9(10)17-11-7-15-8(6-16-11)12(13)14/h2-7H,1H3,(H3,13,14). The van der Waals surface area contributed by atoms with E-state index >= 15 is 0 Å². The van der Waals surface area contributed by atoms with Crippen molar-refractivity contribution < 1.29 is 4.74 Å². The molecule has 3 N–H and O–H groups in total. The van der Waals surface area contributed by atoms with Crippen molar-refractivity contribution in [3.8, 4) is 11.6 Å². The second-order valence-electron chi connectivity index (χ2n) is 3.41. The predicted octanol–water partition coefficient (Wildman–Crippen LogP) is 2.27. The Balaban J connectivity index is 2.21. The molecule has 0 unspecified atom stereocenters. The van der Waals surface area contributed by atoms with Crippen molar-refractivity contribution >= 4 is 17.6 Å². The number of nitrogen functional groups attached to an aromatic ring is 1. The number of rotatable bonds is 4. The molecular formula is C12H12N4OS. The second-order valence-corrected chi connectivity index (χ2v) is 4.25. The number of nitrogens with zero attached hydrogens (tertiary/aromatic N) is 2. The first-order chi connectivity index (χ1) is 8.70. The first kappa shape index (κ1) is 12.4. The van der Waals surface area contributed by atoms with Gasteiger partial charge in [-0.25, -0.2) is 9.97 Å². The minimum atomic E-state index is -0.112. The SMILES string of the molecule is CSc1ccccc1Oc1cnc(C(=N)N)cn1. The number of benzene rings is 1. The van der Waals surface area contributed by atoms with E-state index in [1.165, 1.54) is 12.4 Å². The van der Waals surface area contributed by atoms with Gasteiger partial charge in [-0.3, -0.25) is 5.41 Å². The molecule has 1 aromatic heterocycles. The van der Waals surface area contributed by atoms with Crippen molar-refractivity contribution in [1.29, 1.82) is 5.41 Å². The third-order valence-corrected chi connectivity index (χ3v) is 2.96. The summed E-state index contributed by atoms with van der Waals surface area (Å²) >= 11 is 1.60. The van der Waals surface area contributed by atoms with Crippen LogP contribution in [0.15, 0.2) is 41.6 Å². The lowest BCUT2D eigenvalue weighted by Gasteiger charge is -2.08. The molecule has 0 bridgehead atoms. The molecule has 0 fully saturated rings. The van der Waals surface area contributed by atoms with E-state index in [0.29, 0.717) is 11.6 Å². The largest absolute Gasteiger partial charge is 0.436 e. The van der Waals surface area contributed by atoms with Crippen molar-refractivity contribution in [2.75, 3.05) is 6.26 Å². The van der Waals surface area contributed by atoms with Crippen LogP contribution in [0.1, 0.15) is 5.69 Å². The summed E-state index contributed by atoms with van der Waals surface area (Å²) < 4.78 is 5.63. The van der Waals surface area contributed by atoms with Gasteiger partial charge in [0.15, 0.2) is 0 Å². The molecule has 0 aliphatic rings. The van der Waals surface area contributed by atoms with Gasteiger partial charge in [0.25, 0.3) is 0 Å². The van der Waals surface area contributed by atoms with Crippen LogP contribution in [0, 0.1) is 5.41 Å². The van der Waals surface area contributed by atoms with Gasteiger partial charge in [0.1, 0.15) is 17.3 Å². The molecular weight excluding hydrogens is 248 g/mol. The van der Waals surface area contributed by atoms with Crippen LogP contribution in [0.3, 0.4) is 0 Å². The minimum Gasteiger partial charge on any atom is -0.436 e. The van der Waals surface area contributed by atoms with E-state index in [4.69, 9.17) is 15.9 Å². The Morgan fingerprint density at radius 1 is 1.28 bits per heavy atom. The Morgan fingerprint density at radius 2 is 2.06 bits per heavy atom. The molecule has 18 heavy (non-hydrogen) atoms. The monoisotopic (exact) mass is 260 g/mol. The van der Waals surface area contributed by atoms with E-state index < -0.39 is 0 Å². The molecule has 6 heteroatoms. The summed E-state index contributed by atoms with van der Waals surface area (Å²) in [6.07, 6.45) is 4.85. The third-order valence-electron chi connectivity index (χ3n) is 2.19. The van der Waals surface area contributed by atoms with Crippen molar-refractivity contribution in [3.05, 3.63) is 42.4 Å². The average Bonchev–Trinajstić information content (AvgIpc) is 2.40. The summed E-state index contributed by atoms with van der Waals surface area (Å²) in [5.41, 5.74) is 5.63. The molecule has 0 atom stereocenters. The summed E-state index contributed by atoms with van der Waals surface area (Å²) in [5.74, 6) is 0.995. The van der Waals surface area contributed by atoms with Gasteiger partial charge in [-0.05, 0) is 18.4 Å². The average molecular weight is 260 g/mol. The van der Waals surface area contributed by atoms with Crippen LogP contribution < -0.4 is 10.5 Å². The highest BCUT2D eigenvalue weighted by molar-refractivity contribution is 7.98. The number of aromatic nitrogens is 2. The molecule has 0 radical (unpaired) electrons. The summed E-state index contributed by atoms with van der Waals surface area (Å²) in [7, 11) is 0. The smallest absolute Gasteiger partial charge is 0.237 e. The third kappa shape index (κ3) is 2.78. The molecule has 0 aliphatic carbocycles. The van der Waals surface area contributed by atoms with E-state index in [-0.39, 0.29) is 5.84 Å². The number of ether oxygens (including phenoxy) is 1. The zero-order valence-electron chi connectivity index (χ0n) is 9.75. The van der Waals surface area contributed by atoms with Crippen molar-refractivity contribution in [2.45, 2.75) is 4.90 Å². The number of hydrogen-bond acceptors (Lipinski definition) is 5. The predicted molar refractivity (Wildman–Crippen MR) is 71.3 cm³/mol. The first-order valence-electron chi connectivity index (χ1n) is 5.18. The Labute approximate surface area is 109 Å². The summed E-state index contributed by atoms with van der Waals surface area (Å²) in [4.78, 5) is 9.06. The van der Waals surface area contributed by atoms with E-state index in [9.17, 15) is 0 Å². The number of para-hydroxylation sites is 1. The van der Waals surface area contributed by atoms with E-state index in [1.54, 1.807) is 11.8 Å². The van der Waals surface area contributed by atoms with Gasteiger partial charge < -0.3 is 10.5 Å². The second kappa shape index (κ2) is 5.50. The number of thioether (sulfide) groups is 1. The van der Waals surface area contributed by atoms with Crippen LogP contribution in [-0.4, -0.2) is 22.1 Å². The quantitative estimate of drug-likeness (QED) is 0.500. The molecule has 1 heterocycles. The maximum Gasteiger partial charge on any atom is 0.237 e. The fourth-order valence-corrected chi connectivity index (χ4v) is 1.85.